The minimum absolute atomic E-state index is 0.425. The van der Waals surface area contributed by atoms with Crippen molar-refractivity contribution in [2.75, 3.05) is 17.6 Å². The van der Waals surface area contributed by atoms with E-state index in [2.05, 4.69) is 34.6 Å². The highest BCUT2D eigenvalue weighted by Crippen LogP contribution is 2.15. The number of hydrogen-bond acceptors (Lipinski definition) is 5. The zero-order valence-electron chi connectivity index (χ0n) is 9.40. The smallest absolute Gasteiger partial charge is 0.225 e. The number of anilines is 2. The lowest BCUT2D eigenvalue weighted by atomic mass is 10.3. The van der Waals surface area contributed by atoms with E-state index in [4.69, 9.17) is 5.73 Å². The van der Waals surface area contributed by atoms with Crippen molar-refractivity contribution in [3.63, 3.8) is 0 Å². The summed E-state index contributed by atoms with van der Waals surface area (Å²) in [7, 11) is 1.84. The van der Waals surface area contributed by atoms with E-state index in [1.807, 2.05) is 18.4 Å². The Morgan fingerprint density at radius 2 is 2.25 bits per heavy atom. The lowest BCUT2D eigenvalue weighted by Crippen LogP contribution is -2.09. The summed E-state index contributed by atoms with van der Waals surface area (Å²) in [6.45, 7) is 2.96. The molecule has 86 valence electrons. The van der Waals surface area contributed by atoms with Gasteiger partial charge in [0.1, 0.15) is 0 Å². The minimum Gasteiger partial charge on any atom is -0.368 e. The molecule has 0 spiro atoms. The summed E-state index contributed by atoms with van der Waals surface area (Å²) in [5, 5.41) is 10.9. The van der Waals surface area contributed by atoms with E-state index in [0.29, 0.717) is 11.9 Å². The Morgan fingerprint density at radius 1 is 1.44 bits per heavy atom. The quantitative estimate of drug-likeness (QED) is 0.844. The molecule has 0 fully saturated rings. The summed E-state index contributed by atoms with van der Waals surface area (Å²) in [4.78, 5) is 2.72. The maximum Gasteiger partial charge on any atom is 0.225 e. The van der Waals surface area contributed by atoms with Gasteiger partial charge in [-0.25, -0.2) is 0 Å². The van der Waals surface area contributed by atoms with Gasteiger partial charge in [-0.3, -0.25) is 4.57 Å². The molecule has 2 aromatic heterocycles. The Hall–Kier alpha value is -1.56. The van der Waals surface area contributed by atoms with Crippen LogP contribution in [0.1, 0.15) is 9.75 Å². The fourth-order valence-corrected chi connectivity index (χ4v) is 2.30. The van der Waals surface area contributed by atoms with Crippen LogP contribution in [0.25, 0.3) is 0 Å². The van der Waals surface area contributed by atoms with Gasteiger partial charge in [0.15, 0.2) is 0 Å². The molecular weight excluding hydrogens is 222 g/mol. The molecule has 0 atom stereocenters. The van der Waals surface area contributed by atoms with Gasteiger partial charge in [-0.15, -0.1) is 21.5 Å². The van der Waals surface area contributed by atoms with Gasteiger partial charge < -0.3 is 11.1 Å². The first kappa shape index (κ1) is 10.9. The van der Waals surface area contributed by atoms with Crippen molar-refractivity contribution >= 4 is 23.2 Å². The monoisotopic (exact) mass is 237 g/mol. The predicted molar refractivity (Wildman–Crippen MR) is 66.7 cm³/mol. The molecule has 0 aromatic carbocycles. The van der Waals surface area contributed by atoms with E-state index in [1.165, 1.54) is 9.75 Å². The number of nitrogens with two attached hydrogens (primary N) is 1. The molecule has 2 heterocycles. The normalized spacial score (nSPS) is 10.6. The summed E-state index contributed by atoms with van der Waals surface area (Å²) >= 11 is 1.82. The fraction of sp³-hybridized carbons (Fsp3) is 0.400. The van der Waals surface area contributed by atoms with Crippen molar-refractivity contribution in [2.24, 2.45) is 7.05 Å². The molecule has 3 N–H and O–H groups in total. The van der Waals surface area contributed by atoms with Gasteiger partial charge in [0, 0.05) is 23.3 Å². The SMILES string of the molecule is Cc1ccc(CCNc2nnc(N)n2C)s1. The third-order valence-electron chi connectivity index (χ3n) is 2.36. The van der Waals surface area contributed by atoms with Gasteiger partial charge in [0.25, 0.3) is 0 Å². The standard InChI is InChI=1S/C10H15N5S/c1-7-3-4-8(16-7)5-6-12-10-14-13-9(11)15(10)2/h3-4H,5-6H2,1-2H3,(H2,11,13)(H,12,14). The molecule has 2 aromatic rings. The zero-order valence-corrected chi connectivity index (χ0v) is 10.2. The molecule has 0 radical (unpaired) electrons. The van der Waals surface area contributed by atoms with Crippen LogP contribution in [0.2, 0.25) is 0 Å². The number of hydrogen-bond donors (Lipinski definition) is 2. The molecule has 0 unspecified atom stereocenters. The lowest BCUT2D eigenvalue weighted by Gasteiger charge is -2.03. The second kappa shape index (κ2) is 4.52. The first-order valence-corrected chi connectivity index (χ1v) is 5.92. The van der Waals surface area contributed by atoms with Gasteiger partial charge in [-0.05, 0) is 25.5 Å². The van der Waals surface area contributed by atoms with Crippen molar-refractivity contribution in [3.8, 4) is 0 Å². The Bertz CT molecular complexity index is 473. The van der Waals surface area contributed by atoms with Crippen LogP contribution < -0.4 is 11.1 Å². The number of aromatic nitrogens is 3. The topological polar surface area (TPSA) is 68.8 Å². The van der Waals surface area contributed by atoms with E-state index in [-0.39, 0.29) is 0 Å². The summed E-state index contributed by atoms with van der Waals surface area (Å²) in [6.07, 6.45) is 0.991. The molecule has 5 nitrogen and oxygen atoms in total. The van der Waals surface area contributed by atoms with Crippen LogP contribution in [0.5, 0.6) is 0 Å². The van der Waals surface area contributed by atoms with E-state index >= 15 is 0 Å². The molecule has 6 heteroatoms. The number of nitrogens with one attached hydrogen (secondary N) is 1. The van der Waals surface area contributed by atoms with Crippen molar-refractivity contribution in [1.29, 1.82) is 0 Å². The highest BCUT2D eigenvalue weighted by atomic mass is 32.1. The Balaban J connectivity index is 1.86. The Labute approximate surface area is 98.3 Å². The molecule has 0 saturated heterocycles. The first-order chi connectivity index (χ1) is 7.66. The number of thiophene rings is 1. The lowest BCUT2D eigenvalue weighted by molar-refractivity contribution is 0.901. The van der Waals surface area contributed by atoms with Crippen LogP contribution in [-0.4, -0.2) is 21.3 Å². The molecule has 0 aliphatic heterocycles. The number of nitrogens with zero attached hydrogens (tertiary/aromatic N) is 3. The predicted octanol–water partition coefficient (Wildman–Crippen LogP) is 1.42. The van der Waals surface area contributed by atoms with Crippen LogP contribution in [0.3, 0.4) is 0 Å². The molecular formula is C10H15N5S. The summed E-state index contributed by atoms with van der Waals surface area (Å²) < 4.78 is 1.74. The van der Waals surface area contributed by atoms with E-state index < -0.39 is 0 Å². The summed E-state index contributed by atoms with van der Waals surface area (Å²) in [5.74, 6) is 1.14. The third kappa shape index (κ3) is 2.33. The number of nitrogen functional groups attached to an aromatic ring is 1. The molecule has 0 amide bonds. The van der Waals surface area contributed by atoms with Gasteiger partial charge in [-0.2, -0.15) is 0 Å². The molecule has 16 heavy (non-hydrogen) atoms. The second-order valence-electron chi connectivity index (χ2n) is 3.63. The first-order valence-electron chi connectivity index (χ1n) is 5.11. The largest absolute Gasteiger partial charge is 0.368 e. The van der Waals surface area contributed by atoms with E-state index in [0.717, 1.165) is 13.0 Å². The van der Waals surface area contributed by atoms with Gasteiger partial charge >= 0.3 is 0 Å². The highest BCUT2D eigenvalue weighted by molar-refractivity contribution is 7.11. The van der Waals surface area contributed by atoms with Crippen molar-refractivity contribution < 1.29 is 0 Å². The summed E-state index contributed by atoms with van der Waals surface area (Å²) in [5.41, 5.74) is 5.58. The summed E-state index contributed by atoms with van der Waals surface area (Å²) in [6, 6.07) is 4.30. The van der Waals surface area contributed by atoms with Gasteiger partial charge in [-0.1, -0.05) is 0 Å². The van der Waals surface area contributed by atoms with Gasteiger partial charge in [0.2, 0.25) is 11.9 Å². The fourth-order valence-electron chi connectivity index (χ4n) is 1.41. The number of rotatable bonds is 4. The van der Waals surface area contributed by atoms with E-state index in [9.17, 15) is 0 Å². The average Bonchev–Trinajstić information content (AvgIpc) is 2.79. The van der Waals surface area contributed by atoms with E-state index in [1.54, 1.807) is 4.57 Å². The van der Waals surface area contributed by atoms with Crippen molar-refractivity contribution in [2.45, 2.75) is 13.3 Å². The molecule has 0 saturated carbocycles. The van der Waals surface area contributed by atoms with Gasteiger partial charge in [0.05, 0.1) is 0 Å². The average molecular weight is 237 g/mol. The second-order valence-corrected chi connectivity index (χ2v) is 5.00. The maximum absolute atomic E-state index is 5.58. The Kier molecular flexibility index (Phi) is 3.09. The number of aryl methyl sites for hydroxylation is 1. The van der Waals surface area contributed by atoms with Crippen LogP contribution in [0, 0.1) is 6.92 Å². The van der Waals surface area contributed by atoms with Crippen molar-refractivity contribution in [1.82, 2.24) is 14.8 Å². The van der Waals surface area contributed by atoms with Crippen molar-refractivity contribution in [3.05, 3.63) is 21.9 Å². The molecule has 0 bridgehead atoms. The van der Waals surface area contributed by atoms with Crippen LogP contribution in [0.4, 0.5) is 11.9 Å². The van der Waals surface area contributed by atoms with Crippen LogP contribution >= 0.6 is 11.3 Å². The van der Waals surface area contributed by atoms with Crippen LogP contribution in [0.15, 0.2) is 12.1 Å². The molecule has 2 rings (SSSR count). The third-order valence-corrected chi connectivity index (χ3v) is 3.42. The molecule has 0 aliphatic carbocycles. The van der Waals surface area contributed by atoms with Crippen LogP contribution in [-0.2, 0) is 13.5 Å². The minimum atomic E-state index is 0.425. The highest BCUT2D eigenvalue weighted by Gasteiger charge is 2.04. The Morgan fingerprint density at radius 3 is 2.81 bits per heavy atom. The maximum atomic E-state index is 5.58. The zero-order chi connectivity index (χ0) is 11.5. The molecule has 0 aliphatic rings.